The molecule has 0 spiro atoms. The minimum absolute atomic E-state index is 0.0424. The predicted molar refractivity (Wildman–Crippen MR) is 114 cm³/mol. The second kappa shape index (κ2) is 7.48. The molecule has 0 heterocycles. The fraction of sp³-hybridized carbons (Fsp3) is 0.920. The van der Waals surface area contributed by atoms with Gasteiger partial charge in [0.1, 0.15) is 0 Å². The molecule has 27 heavy (non-hydrogen) atoms. The Morgan fingerprint density at radius 3 is 2.63 bits per heavy atom. The monoisotopic (exact) mass is 373 g/mol. The van der Waals surface area contributed by atoms with Crippen molar-refractivity contribution >= 4 is 0 Å². The lowest BCUT2D eigenvalue weighted by atomic mass is 9.47. The number of aliphatic hydroxyl groups is 1. The van der Waals surface area contributed by atoms with Crippen molar-refractivity contribution in [2.45, 2.75) is 91.6 Å². The molecular formula is C25H43NO. The summed E-state index contributed by atoms with van der Waals surface area (Å²) < 4.78 is 0. The summed E-state index contributed by atoms with van der Waals surface area (Å²) in [6, 6.07) is 0. The van der Waals surface area contributed by atoms with Gasteiger partial charge in [0, 0.05) is 0 Å². The van der Waals surface area contributed by atoms with Gasteiger partial charge in [0.2, 0.25) is 0 Å². The van der Waals surface area contributed by atoms with Crippen LogP contribution in [0.15, 0.2) is 11.6 Å². The molecule has 0 aromatic carbocycles. The van der Waals surface area contributed by atoms with Gasteiger partial charge in [-0.3, -0.25) is 0 Å². The summed E-state index contributed by atoms with van der Waals surface area (Å²) in [4.78, 5) is 0. The lowest BCUT2D eigenvalue weighted by Crippen LogP contribution is -2.50. The topological polar surface area (TPSA) is 32.3 Å². The van der Waals surface area contributed by atoms with Crippen LogP contribution < -0.4 is 5.32 Å². The Balaban J connectivity index is 1.53. The number of hydrogen-bond donors (Lipinski definition) is 2. The van der Waals surface area contributed by atoms with Gasteiger partial charge in [0.15, 0.2) is 0 Å². The Kier molecular flexibility index (Phi) is 5.53. The first kappa shape index (κ1) is 20.0. The van der Waals surface area contributed by atoms with E-state index < -0.39 is 0 Å². The molecule has 0 aromatic heterocycles. The molecule has 3 fully saturated rings. The summed E-state index contributed by atoms with van der Waals surface area (Å²) in [7, 11) is 0. The van der Waals surface area contributed by atoms with E-state index in [9.17, 15) is 5.11 Å². The molecule has 154 valence electrons. The number of allylic oxidation sites excluding steroid dienone is 2. The fourth-order valence-corrected chi connectivity index (χ4v) is 8.11. The van der Waals surface area contributed by atoms with E-state index in [0.717, 1.165) is 43.1 Å². The predicted octanol–water partition coefficient (Wildman–Crippen LogP) is 5.56. The number of nitrogens with one attached hydrogen (secondary N) is 1. The maximum atomic E-state index is 10.2. The normalized spacial score (nSPS) is 47.6. The number of aliphatic hydroxyl groups excluding tert-OH is 1. The Morgan fingerprint density at radius 1 is 1.11 bits per heavy atom. The van der Waals surface area contributed by atoms with Crippen LogP contribution in [0.5, 0.6) is 0 Å². The smallest absolute Gasteiger partial charge is 0.0543 e. The molecule has 0 aromatic rings. The molecule has 3 saturated carbocycles. The summed E-state index contributed by atoms with van der Waals surface area (Å²) in [6.07, 6.45) is 14.1. The van der Waals surface area contributed by atoms with Crippen LogP contribution in [0, 0.1) is 40.4 Å². The molecular weight excluding hydrogens is 330 g/mol. The Morgan fingerprint density at radius 2 is 1.85 bits per heavy atom. The molecule has 0 radical (unpaired) electrons. The van der Waals surface area contributed by atoms with Crippen LogP contribution >= 0.6 is 0 Å². The van der Waals surface area contributed by atoms with Gasteiger partial charge in [-0.15, -0.1) is 0 Å². The van der Waals surface area contributed by atoms with Gasteiger partial charge in [-0.25, -0.2) is 0 Å². The van der Waals surface area contributed by atoms with Crippen LogP contribution in [0.4, 0.5) is 0 Å². The third-order valence-electron chi connectivity index (χ3n) is 9.71. The van der Waals surface area contributed by atoms with Crippen molar-refractivity contribution in [3.05, 3.63) is 11.6 Å². The van der Waals surface area contributed by atoms with Crippen molar-refractivity contribution in [1.29, 1.82) is 0 Å². The van der Waals surface area contributed by atoms with Crippen molar-refractivity contribution in [2.24, 2.45) is 40.4 Å². The van der Waals surface area contributed by atoms with Crippen molar-refractivity contribution in [2.75, 3.05) is 13.1 Å². The summed E-state index contributed by atoms with van der Waals surface area (Å²) in [6.45, 7) is 12.3. The van der Waals surface area contributed by atoms with Crippen LogP contribution in [-0.4, -0.2) is 24.3 Å². The largest absolute Gasteiger partial charge is 0.393 e. The SMILES string of the molecule is CCCNC[C@@H](C)[C@H]1CC[C@H]2C3=CC[C@H]4C[C@@H](O)CC[C@]4(C)[C@H]3CC[C@]12C. The Labute approximate surface area is 167 Å². The van der Waals surface area contributed by atoms with E-state index in [1.165, 1.54) is 51.5 Å². The van der Waals surface area contributed by atoms with E-state index in [2.05, 4.69) is 39.1 Å². The first-order valence-electron chi connectivity index (χ1n) is 12.0. The van der Waals surface area contributed by atoms with E-state index >= 15 is 0 Å². The third kappa shape index (κ3) is 3.23. The highest BCUT2D eigenvalue weighted by Crippen LogP contribution is 2.66. The summed E-state index contributed by atoms with van der Waals surface area (Å²) in [5.74, 6) is 4.02. The maximum absolute atomic E-state index is 10.2. The third-order valence-corrected chi connectivity index (χ3v) is 9.71. The van der Waals surface area contributed by atoms with Gasteiger partial charge in [-0.05, 0) is 111 Å². The quantitative estimate of drug-likeness (QED) is 0.488. The first-order valence-corrected chi connectivity index (χ1v) is 12.0. The molecule has 0 bridgehead atoms. The van der Waals surface area contributed by atoms with Crippen molar-refractivity contribution < 1.29 is 5.11 Å². The van der Waals surface area contributed by atoms with Gasteiger partial charge in [-0.2, -0.15) is 0 Å². The molecule has 2 heteroatoms. The van der Waals surface area contributed by atoms with Gasteiger partial charge in [0.25, 0.3) is 0 Å². The molecule has 0 amide bonds. The molecule has 2 N–H and O–H groups in total. The average Bonchev–Trinajstić information content (AvgIpc) is 3.00. The lowest BCUT2D eigenvalue weighted by molar-refractivity contribution is -0.0424. The van der Waals surface area contributed by atoms with Crippen LogP contribution in [0.1, 0.15) is 85.5 Å². The maximum Gasteiger partial charge on any atom is 0.0543 e. The summed E-state index contributed by atoms with van der Waals surface area (Å²) in [5.41, 5.74) is 2.83. The number of fused-ring (bicyclic) bond motifs is 5. The van der Waals surface area contributed by atoms with E-state index in [1.54, 1.807) is 0 Å². The molecule has 4 rings (SSSR count). The molecule has 0 aliphatic heterocycles. The molecule has 8 atom stereocenters. The van der Waals surface area contributed by atoms with Crippen molar-refractivity contribution in [3.8, 4) is 0 Å². The Bertz CT molecular complexity index is 571. The van der Waals surface area contributed by atoms with Crippen molar-refractivity contribution in [3.63, 3.8) is 0 Å². The van der Waals surface area contributed by atoms with Crippen molar-refractivity contribution in [1.82, 2.24) is 5.32 Å². The van der Waals surface area contributed by atoms with E-state index in [0.29, 0.717) is 16.7 Å². The van der Waals surface area contributed by atoms with Crippen LogP contribution in [0.25, 0.3) is 0 Å². The van der Waals surface area contributed by atoms with E-state index in [4.69, 9.17) is 0 Å². The standard InChI is InChI=1S/C25H43NO/c1-5-14-26-16-17(2)21-8-9-22-20-7-6-18-15-19(27)10-12-24(18,3)23(20)11-13-25(21,22)4/h7,17-19,21-23,26-27H,5-6,8-16H2,1-4H3/t17-,18+,19+,21-,22+,23+,24+,25-/m1/s1. The van der Waals surface area contributed by atoms with E-state index in [1.807, 2.05) is 5.57 Å². The highest BCUT2D eigenvalue weighted by Gasteiger charge is 2.58. The summed E-state index contributed by atoms with van der Waals surface area (Å²) in [5, 5.41) is 13.9. The number of rotatable bonds is 5. The first-order chi connectivity index (χ1) is 12.9. The highest BCUT2D eigenvalue weighted by molar-refractivity contribution is 5.27. The highest BCUT2D eigenvalue weighted by atomic mass is 16.3. The van der Waals surface area contributed by atoms with Crippen LogP contribution in [0.2, 0.25) is 0 Å². The average molecular weight is 374 g/mol. The molecule has 2 nitrogen and oxygen atoms in total. The van der Waals surface area contributed by atoms with Crippen LogP contribution in [-0.2, 0) is 0 Å². The molecule has 4 aliphatic rings. The van der Waals surface area contributed by atoms with Gasteiger partial charge in [-0.1, -0.05) is 39.3 Å². The van der Waals surface area contributed by atoms with Gasteiger partial charge >= 0.3 is 0 Å². The zero-order valence-electron chi connectivity index (χ0n) is 18.3. The molecule has 0 saturated heterocycles. The van der Waals surface area contributed by atoms with Gasteiger partial charge in [0.05, 0.1) is 6.10 Å². The van der Waals surface area contributed by atoms with E-state index in [-0.39, 0.29) is 6.10 Å². The molecule has 4 aliphatic carbocycles. The van der Waals surface area contributed by atoms with Gasteiger partial charge < -0.3 is 10.4 Å². The minimum Gasteiger partial charge on any atom is -0.393 e. The second-order valence-electron chi connectivity index (χ2n) is 11.1. The Hall–Kier alpha value is -0.340. The van der Waals surface area contributed by atoms with Crippen LogP contribution in [0.3, 0.4) is 0 Å². The zero-order valence-corrected chi connectivity index (χ0v) is 18.3. The summed E-state index contributed by atoms with van der Waals surface area (Å²) >= 11 is 0. The fourth-order valence-electron chi connectivity index (χ4n) is 8.11. The lowest BCUT2D eigenvalue weighted by Gasteiger charge is -2.57. The molecule has 0 unspecified atom stereocenters. The minimum atomic E-state index is -0.0424. The second-order valence-corrected chi connectivity index (χ2v) is 11.1. The zero-order chi connectivity index (χ0) is 19.2. The number of hydrogen-bond acceptors (Lipinski definition) is 2.